The average molecular weight is 222 g/mol. The van der Waals surface area contributed by atoms with Gasteiger partial charge in [-0.25, -0.2) is 4.79 Å². The largest absolute Gasteiger partial charge is 0.496 e. The van der Waals surface area contributed by atoms with E-state index in [0.29, 0.717) is 19.0 Å². The van der Waals surface area contributed by atoms with E-state index in [1.54, 1.807) is 24.3 Å². The van der Waals surface area contributed by atoms with Crippen LogP contribution in [0.5, 0.6) is 5.75 Å². The van der Waals surface area contributed by atoms with Gasteiger partial charge in [0, 0.05) is 0 Å². The quantitative estimate of drug-likeness (QED) is 0.591. The van der Waals surface area contributed by atoms with Gasteiger partial charge in [0.05, 0.1) is 20.3 Å². The molecule has 16 heavy (non-hydrogen) atoms. The van der Waals surface area contributed by atoms with Gasteiger partial charge < -0.3 is 14.6 Å². The summed E-state index contributed by atoms with van der Waals surface area (Å²) in [5.41, 5.74) is 0.933. The maximum Gasteiger partial charge on any atom is 0.339 e. The van der Waals surface area contributed by atoms with Crippen LogP contribution < -0.4 is 4.74 Å². The van der Waals surface area contributed by atoms with Gasteiger partial charge in [-0.15, -0.1) is 6.58 Å². The van der Waals surface area contributed by atoms with Gasteiger partial charge in [0.25, 0.3) is 0 Å². The van der Waals surface area contributed by atoms with Crippen LogP contribution in [-0.2, 0) is 11.3 Å². The van der Waals surface area contributed by atoms with E-state index in [1.165, 1.54) is 7.11 Å². The Hall–Kier alpha value is -1.81. The highest BCUT2D eigenvalue weighted by molar-refractivity contribution is 5.91. The Balaban J connectivity index is 2.84. The van der Waals surface area contributed by atoms with Crippen molar-refractivity contribution in [3.63, 3.8) is 0 Å². The molecule has 1 rings (SSSR count). The first kappa shape index (κ1) is 12.3. The van der Waals surface area contributed by atoms with E-state index in [9.17, 15) is 4.79 Å². The predicted octanol–water partition coefficient (Wildman–Crippen LogP) is 2.10. The second-order valence-corrected chi connectivity index (χ2v) is 3.14. The first-order chi connectivity index (χ1) is 7.69. The average Bonchev–Trinajstić information content (AvgIpc) is 2.29. The Bertz CT molecular complexity index is 385. The Labute approximate surface area is 94.1 Å². The highest BCUT2D eigenvalue weighted by atomic mass is 16.5. The van der Waals surface area contributed by atoms with E-state index in [2.05, 4.69) is 6.58 Å². The molecule has 0 saturated heterocycles. The lowest BCUT2D eigenvalue weighted by Gasteiger charge is -2.07. The molecule has 1 N–H and O–H groups in total. The van der Waals surface area contributed by atoms with Gasteiger partial charge in [-0.1, -0.05) is 12.1 Å². The summed E-state index contributed by atoms with van der Waals surface area (Å²) in [6.07, 6.45) is 1.64. The first-order valence-corrected chi connectivity index (χ1v) is 4.78. The minimum atomic E-state index is -1.01. The molecule has 0 amide bonds. The number of carboxylic acid groups (broad SMARTS) is 1. The predicted molar refractivity (Wildman–Crippen MR) is 59.8 cm³/mol. The van der Waals surface area contributed by atoms with Crippen molar-refractivity contribution in [3.8, 4) is 5.75 Å². The zero-order chi connectivity index (χ0) is 12.0. The molecular weight excluding hydrogens is 208 g/mol. The van der Waals surface area contributed by atoms with Crippen molar-refractivity contribution in [2.24, 2.45) is 0 Å². The summed E-state index contributed by atoms with van der Waals surface area (Å²) < 4.78 is 10.2. The number of aromatic carboxylic acids is 1. The summed E-state index contributed by atoms with van der Waals surface area (Å²) >= 11 is 0. The molecule has 0 heterocycles. The number of rotatable bonds is 6. The van der Waals surface area contributed by atoms with E-state index < -0.39 is 5.97 Å². The van der Waals surface area contributed by atoms with Crippen LogP contribution in [0.3, 0.4) is 0 Å². The summed E-state index contributed by atoms with van der Waals surface area (Å²) in [6, 6.07) is 4.94. The second kappa shape index (κ2) is 5.92. The summed E-state index contributed by atoms with van der Waals surface area (Å²) in [4.78, 5) is 10.9. The number of hydrogen-bond donors (Lipinski definition) is 1. The maximum absolute atomic E-state index is 10.9. The SMILES string of the molecule is C=CCOCc1ccc(OC)c(C(=O)O)c1. The van der Waals surface area contributed by atoms with Gasteiger partial charge in [0.2, 0.25) is 0 Å². The fourth-order valence-electron chi connectivity index (χ4n) is 1.27. The van der Waals surface area contributed by atoms with Crippen LogP contribution in [-0.4, -0.2) is 24.8 Å². The lowest BCUT2D eigenvalue weighted by Crippen LogP contribution is -2.02. The highest BCUT2D eigenvalue weighted by Gasteiger charge is 2.11. The Morgan fingerprint density at radius 3 is 2.88 bits per heavy atom. The fraction of sp³-hybridized carbons (Fsp3) is 0.250. The van der Waals surface area contributed by atoms with Crippen LogP contribution in [0.1, 0.15) is 15.9 Å². The van der Waals surface area contributed by atoms with Gasteiger partial charge in [-0.3, -0.25) is 0 Å². The third-order valence-corrected chi connectivity index (χ3v) is 2.00. The minimum absolute atomic E-state index is 0.141. The minimum Gasteiger partial charge on any atom is -0.496 e. The molecular formula is C12H14O4. The molecule has 0 fully saturated rings. The number of methoxy groups -OCH3 is 1. The highest BCUT2D eigenvalue weighted by Crippen LogP contribution is 2.20. The summed E-state index contributed by atoms with van der Waals surface area (Å²) in [5, 5.41) is 8.96. The molecule has 0 aliphatic carbocycles. The van der Waals surface area contributed by atoms with Crippen molar-refractivity contribution >= 4 is 5.97 Å². The zero-order valence-corrected chi connectivity index (χ0v) is 9.10. The molecule has 4 heteroatoms. The third kappa shape index (κ3) is 3.10. The molecule has 86 valence electrons. The standard InChI is InChI=1S/C12H14O4/c1-3-6-16-8-9-4-5-11(15-2)10(7-9)12(13)14/h3-5,7H,1,6,8H2,2H3,(H,13,14). The number of carboxylic acids is 1. The van der Waals surface area contributed by atoms with Crippen LogP contribution in [0.2, 0.25) is 0 Å². The lowest BCUT2D eigenvalue weighted by molar-refractivity contribution is 0.0693. The summed E-state index contributed by atoms with van der Waals surface area (Å²) in [6.45, 7) is 4.32. The van der Waals surface area contributed by atoms with Gasteiger partial charge in [-0.05, 0) is 17.7 Å². The summed E-state index contributed by atoms with van der Waals surface area (Å²) in [5.74, 6) is -0.664. The zero-order valence-electron chi connectivity index (χ0n) is 9.10. The topological polar surface area (TPSA) is 55.8 Å². The van der Waals surface area contributed by atoms with Crippen LogP contribution in [0.15, 0.2) is 30.9 Å². The van der Waals surface area contributed by atoms with E-state index in [4.69, 9.17) is 14.6 Å². The van der Waals surface area contributed by atoms with Crippen molar-refractivity contribution in [2.75, 3.05) is 13.7 Å². The van der Waals surface area contributed by atoms with Gasteiger partial charge in [-0.2, -0.15) is 0 Å². The lowest BCUT2D eigenvalue weighted by atomic mass is 10.1. The molecule has 0 radical (unpaired) electrons. The van der Waals surface area contributed by atoms with E-state index >= 15 is 0 Å². The van der Waals surface area contributed by atoms with E-state index in [-0.39, 0.29) is 5.56 Å². The van der Waals surface area contributed by atoms with Crippen molar-refractivity contribution in [1.82, 2.24) is 0 Å². The third-order valence-electron chi connectivity index (χ3n) is 2.00. The smallest absolute Gasteiger partial charge is 0.339 e. The van der Waals surface area contributed by atoms with Crippen molar-refractivity contribution in [2.45, 2.75) is 6.61 Å². The van der Waals surface area contributed by atoms with E-state index in [0.717, 1.165) is 5.56 Å². The molecule has 1 aromatic carbocycles. The number of carbonyl (C=O) groups is 1. The van der Waals surface area contributed by atoms with Crippen molar-refractivity contribution in [3.05, 3.63) is 42.0 Å². The molecule has 0 spiro atoms. The molecule has 0 bridgehead atoms. The number of benzene rings is 1. The van der Waals surface area contributed by atoms with Crippen LogP contribution in [0.25, 0.3) is 0 Å². The van der Waals surface area contributed by atoms with Crippen molar-refractivity contribution < 1.29 is 19.4 Å². The normalized spacial score (nSPS) is 9.81. The Kier molecular flexibility index (Phi) is 4.54. The molecule has 1 aromatic rings. The van der Waals surface area contributed by atoms with Gasteiger partial charge >= 0.3 is 5.97 Å². The van der Waals surface area contributed by atoms with Gasteiger partial charge in [0.15, 0.2) is 0 Å². The van der Waals surface area contributed by atoms with Crippen LogP contribution in [0, 0.1) is 0 Å². The molecule has 0 saturated carbocycles. The monoisotopic (exact) mass is 222 g/mol. The number of hydrogen-bond acceptors (Lipinski definition) is 3. The van der Waals surface area contributed by atoms with Crippen molar-refractivity contribution in [1.29, 1.82) is 0 Å². The maximum atomic E-state index is 10.9. The van der Waals surface area contributed by atoms with Crippen LogP contribution >= 0.6 is 0 Å². The molecule has 0 atom stereocenters. The molecule has 0 unspecified atom stereocenters. The Morgan fingerprint density at radius 2 is 2.31 bits per heavy atom. The summed E-state index contributed by atoms with van der Waals surface area (Å²) in [7, 11) is 1.44. The first-order valence-electron chi connectivity index (χ1n) is 4.78. The fourth-order valence-corrected chi connectivity index (χ4v) is 1.27. The molecule has 0 aliphatic rings. The molecule has 0 aromatic heterocycles. The van der Waals surface area contributed by atoms with Crippen LogP contribution in [0.4, 0.5) is 0 Å². The Morgan fingerprint density at radius 1 is 1.56 bits per heavy atom. The van der Waals surface area contributed by atoms with E-state index in [1.807, 2.05) is 0 Å². The van der Waals surface area contributed by atoms with Gasteiger partial charge in [0.1, 0.15) is 11.3 Å². The molecule has 4 nitrogen and oxygen atoms in total. The molecule has 0 aliphatic heterocycles. The number of ether oxygens (including phenoxy) is 2. The second-order valence-electron chi connectivity index (χ2n) is 3.14.